The Morgan fingerprint density at radius 3 is 2.68 bits per heavy atom. The second-order valence-corrected chi connectivity index (χ2v) is 7.78. The Labute approximate surface area is 120 Å². The molecule has 1 aliphatic rings. The van der Waals surface area contributed by atoms with E-state index in [2.05, 4.69) is 15.9 Å². The van der Waals surface area contributed by atoms with Crippen molar-refractivity contribution in [2.45, 2.75) is 12.5 Å². The SMILES string of the molecule is CN(c1cc(Br)ccc1C(=O)O)C1CCS(=O)(=O)C1. The average Bonchev–Trinajstić information content (AvgIpc) is 2.68. The fraction of sp³-hybridized carbons (Fsp3) is 0.417. The molecule has 1 fully saturated rings. The minimum atomic E-state index is -2.99. The molecule has 1 heterocycles. The lowest BCUT2D eigenvalue weighted by molar-refractivity contribution is 0.0697. The van der Waals surface area contributed by atoms with Crippen LogP contribution in [-0.2, 0) is 9.84 Å². The Kier molecular flexibility index (Phi) is 3.87. The molecule has 0 aromatic heterocycles. The molecule has 19 heavy (non-hydrogen) atoms. The van der Waals surface area contributed by atoms with E-state index in [9.17, 15) is 18.3 Å². The van der Waals surface area contributed by atoms with Crippen LogP contribution in [0.3, 0.4) is 0 Å². The first-order valence-corrected chi connectivity index (χ1v) is 8.38. The number of nitrogens with zero attached hydrogens (tertiary/aromatic N) is 1. The van der Waals surface area contributed by atoms with Crippen LogP contribution in [0, 0.1) is 0 Å². The quantitative estimate of drug-likeness (QED) is 0.901. The third-order valence-corrected chi connectivity index (χ3v) is 5.57. The van der Waals surface area contributed by atoms with Gasteiger partial charge in [0.15, 0.2) is 9.84 Å². The summed E-state index contributed by atoms with van der Waals surface area (Å²) < 4.78 is 23.8. The second-order valence-electron chi connectivity index (χ2n) is 4.63. The molecular formula is C12H14BrNO4S. The van der Waals surface area contributed by atoms with Gasteiger partial charge in [0.1, 0.15) is 0 Å². The molecule has 0 bridgehead atoms. The molecule has 104 valence electrons. The molecule has 1 atom stereocenters. The molecule has 2 rings (SSSR count). The summed E-state index contributed by atoms with van der Waals surface area (Å²) in [7, 11) is -1.26. The van der Waals surface area contributed by atoms with Gasteiger partial charge in [-0.3, -0.25) is 0 Å². The van der Waals surface area contributed by atoms with Gasteiger partial charge in [-0.1, -0.05) is 15.9 Å². The first kappa shape index (κ1) is 14.3. The van der Waals surface area contributed by atoms with Crippen molar-refractivity contribution in [3.8, 4) is 0 Å². The van der Waals surface area contributed by atoms with Crippen molar-refractivity contribution < 1.29 is 18.3 Å². The largest absolute Gasteiger partial charge is 0.478 e. The normalized spacial score (nSPS) is 21.3. The lowest BCUT2D eigenvalue weighted by Gasteiger charge is -2.27. The zero-order chi connectivity index (χ0) is 14.2. The molecule has 5 nitrogen and oxygen atoms in total. The highest BCUT2D eigenvalue weighted by Gasteiger charge is 2.32. The van der Waals surface area contributed by atoms with Crippen LogP contribution in [-0.4, -0.2) is 44.1 Å². The van der Waals surface area contributed by atoms with Gasteiger partial charge >= 0.3 is 5.97 Å². The number of rotatable bonds is 3. The molecule has 0 aliphatic carbocycles. The lowest BCUT2D eigenvalue weighted by atomic mass is 10.1. The molecule has 7 heteroatoms. The van der Waals surface area contributed by atoms with Crippen LogP contribution in [0.4, 0.5) is 5.69 Å². The Hall–Kier alpha value is -1.08. The fourth-order valence-electron chi connectivity index (χ4n) is 2.25. The predicted molar refractivity (Wildman–Crippen MR) is 76.6 cm³/mol. The number of carboxylic acid groups (broad SMARTS) is 1. The van der Waals surface area contributed by atoms with E-state index in [4.69, 9.17) is 0 Å². The fourth-order valence-corrected chi connectivity index (χ4v) is 4.38. The molecule has 1 aromatic carbocycles. The number of carboxylic acids is 1. The van der Waals surface area contributed by atoms with Gasteiger partial charge in [-0.2, -0.15) is 0 Å². The van der Waals surface area contributed by atoms with E-state index in [1.54, 1.807) is 24.1 Å². The minimum absolute atomic E-state index is 0.0784. The summed E-state index contributed by atoms with van der Waals surface area (Å²) in [5, 5.41) is 9.19. The predicted octanol–water partition coefficient (Wildman–Crippen LogP) is 1.77. The maximum Gasteiger partial charge on any atom is 0.337 e. The number of aromatic carboxylic acids is 1. The molecule has 0 spiro atoms. The number of halogens is 1. The van der Waals surface area contributed by atoms with Crippen molar-refractivity contribution in [3.63, 3.8) is 0 Å². The summed E-state index contributed by atoms with van der Waals surface area (Å²) in [6.07, 6.45) is 0.532. The lowest BCUT2D eigenvalue weighted by Crippen LogP contribution is -2.33. The molecule has 1 aromatic rings. The van der Waals surface area contributed by atoms with E-state index in [1.165, 1.54) is 6.07 Å². The van der Waals surface area contributed by atoms with Crippen LogP contribution in [0.25, 0.3) is 0 Å². The molecule has 1 aliphatic heterocycles. The Balaban J connectivity index is 2.36. The molecule has 1 N–H and O–H groups in total. The van der Waals surface area contributed by atoms with Crippen molar-refractivity contribution in [3.05, 3.63) is 28.2 Å². The maximum absolute atomic E-state index is 11.5. The number of hydrogen-bond donors (Lipinski definition) is 1. The number of sulfone groups is 1. The van der Waals surface area contributed by atoms with Crippen molar-refractivity contribution >= 4 is 37.4 Å². The van der Waals surface area contributed by atoms with Gasteiger partial charge in [0.2, 0.25) is 0 Å². The summed E-state index contributed by atoms with van der Waals surface area (Å²) in [5.41, 5.74) is 0.707. The van der Waals surface area contributed by atoms with Crippen LogP contribution < -0.4 is 4.90 Å². The zero-order valence-electron chi connectivity index (χ0n) is 10.3. The minimum Gasteiger partial charge on any atom is -0.478 e. The van der Waals surface area contributed by atoms with Crippen LogP contribution in [0.1, 0.15) is 16.8 Å². The highest BCUT2D eigenvalue weighted by Crippen LogP contribution is 2.29. The molecule has 1 unspecified atom stereocenters. The zero-order valence-corrected chi connectivity index (χ0v) is 12.7. The maximum atomic E-state index is 11.5. The molecule has 1 saturated heterocycles. The van der Waals surface area contributed by atoms with Gasteiger partial charge in [0.25, 0.3) is 0 Å². The van der Waals surface area contributed by atoms with Gasteiger partial charge in [0, 0.05) is 17.6 Å². The second kappa shape index (κ2) is 5.13. The van der Waals surface area contributed by atoms with Crippen LogP contribution >= 0.6 is 15.9 Å². The van der Waals surface area contributed by atoms with E-state index in [0.717, 1.165) is 4.47 Å². The first-order chi connectivity index (χ1) is 8.80. The monoisotopic (exact) mass is 347 g/mol. The highest BCUT2D eigenvalue weighted by molar-refractivity contribution is 9.10. The van der Waals surface area contributed by atoms with E-state index < -0.39 is 15.8 Å². The Morgan fingerprint density at radius 2 is 2.16 bits per heavy atom. The van der Waals surface area contributed by atoms with Crippen LogP contribution in [0.15, 0.2) is 22.7 Å². The molecule has 0 saturated carbocycles. The summed E-state index contributed by atoms with van der Waals surface area (Å²) >= 11 is 3.31. The Morgan fingerprint density at radius 1 is 1.47 bits per heavy atom. The van der Waals surface area contributed by atoms with E-state index in [1.807, 2.05) is 0 Å². The van der Waals surface area contributed by atoms with Crippen molar-refractivity contribution in [2.24, 2.45) is 0 Å². The molecule has 0 amide bonds. The van der Waals surface area contributed by atoms with Crippen LogP contribution in [0.5, 0.6) is 0 Å². The van der Waals surface area contributed by atoms with E-state index >= 15 is 0 Å². The highest BCUT2D eigenvalue weighted by atomic mass is 79.9. The summed E-state index contributed by atoms with van der Waals surface area (Å²) in [6, 6.07) is 4.71. The van der Waals surface area contributed by atoms with Gasteiger partial charge in [-0.15, -0.1) is 0 Å². The topological polar surface area (TPSA) is 74.7 Å². The first-order valence-electron chi connectivity index (χ1n) is 5.76. The van der Waals surface area contributed by atoms with Crippen molar-refractivity contribution in [1.29, 1.82) is 0 Å². The average molecular weight is 348 g/mol. The third-order valence-electron chi connectivity index (χ3n) is 3.33. The summed E-state index contributed by atoms with van der Waals surface area (Å²) in [4.78, 5) is 13.0. The number of benzene rings is 1. The van der Waals surface area contributed by atoms with E-state index in [-0.39, 0.29) is 23.1 Å². The van der Waals surface area contributed by atoms with Gasteiger partial charge < -0.3 is 10.0 Å². The molecular weight excluding hydrogens is 334 g/mol. The standard InChI is InChI=1S/C12H14BrNO4S/c1-14(9-4-5-19(17,18)7-9)11-6-8(13)2-3-10(11)12(15)16/h2-3,6,9H,4-5,7H2,1H3,(H,15,16). The smallest absolute Gasteiger partial charge is 0.337 e. The number of carbonyl (C=O) groups is 1. The van der Waals surface area contributed by atoms with Crippen molar-refractivity contribution in [1.82, 2.24) is 0 Å². The van der Waals surface area contributed by atoms with Crippen LogP contribution in [0.2, 0.25) is 0 Å². The number of anilines is 1. The number of hydrogen-bond acceptors (Lipinski definition) is 4. The van der Waals surface area contributed by atoms with E-state index in [0.29, 0.717) is 12.1 Å². The molecule has 0 radical (unpaired) electrons. The van der Waals surface area contributed by atoms with Gasteiger partial charge in [-0.25, -0.2) is 13.2 Å². The summed E-state index contributed by atoms with van der Waals surface area (Å²) in [5.74, 6) is -0.775. The summed E-state index contributed by atoms with van der Waals surface area (Å²) in [6.45, 7) is 0. The van der Waals surface area contributed by atoms with Gasteiger partial charge in [0.05, 0.1) is 22.8 Å². The van der Waals surface area contributed by atoms with Gasteiger partial charge in [-0.05, 0) is 24.6 Å². The Bertz CT molecular complexity index is 614. The third kappa shape index (κ3) is 3.09. The van der Waals surface area contributed by atoms with Crippen molar-refractivity contribution in [2.75, 3.05) is 23.5 Å².